The summed E-state index contributed by atoms with van der Waals surface area (Å²) in [6.45, 7) is 10.5. The van der Waals surface area contributed by atoms with Gasteiger partial charge in [0.15, 0.2) is 0 Å². The summed E-state index contributed by atoms with van der Waals surface area (Å²) in [6.07, 6.45) is 0. The van der Waals surface area contributed by atoms with Crippen molar-refractivity contribution in [1.29, 1.82) is 0 Å². The minimum Gasteiger partial charge on any atom is -0.300 e. The summed E-state index contributed by atoms with van der Waals surface area (Å²) >= 11 is 4.34. The van der Waals surface area contributed by atoms with Gasteiger partial charge in [-0.3, -0.25) is 9.80 Å². The molecule has 0 saturated carbocycles. The molecule has 0 radical (unpaired) electrons. The molecule has 1 rings (SSSR count). The molecule has 3 atom stereocenters. The van der Waals surface area contributed by atoms with Crippen molar-refractivity contribution in [3.63, 3.8) is 0 Å². The van der Waals surface area contributed by atoms with E-state index >= 15 is 0 Å². The Morgan fingerprint density at radius 3 is 2.21 bits per heavy atom. The lowest BCUT2D eigenvalue weighted by Gasteiger charge is -2.43. The minimum absolute atomic E-state index is 0.686. The van der Waals surface area contributed by atoms with Gasteiger partial charge in [0.05, 0.1) is 0 Å². The van der Waals surface area contributed by atoms with Gasteiger partial charge in [0.25, 0.3) is 0 Å². The Bertz CT molecular complexity index is 160. The predicted octanol–water partition coefficient (Wildman–Crippen LogP) is 1.58. The van der Waals surface area contributed by atoms with Crippen LogP contribution >= 0.6 is 12.6 Å². The van der Waals surface area contributed by atoms with E-state index < -0.39 is 0 Å². The number of hydrogen-bond donors (Lipinski definition) is 1. The highest BCUT2D eigenvalue weighted by molar-refractivity contribution is 7.80. The zero-order valence-electron chi connectivity index (χ0n) is 9.90. The van der Waals surface area contributed by atoms with Crippen LogP contribution in [0.25, 0.3) is 0 Å². The van der Waals surface area contributed by atoms with Crippen LogP contribution in [0.4, 0.5) is 0 Å². The molecule has 3 heteroatoms. The zero-order chi connectivity index (χ0) is 10.7. The highest BCUT2D eigenvalue weighted by atomic mass is 32.1. The maximum Gasteiger partial charge on any atom is 0.0195 e. The van der Waals surface area contributed by atoms with Gasteiger partial charge in [-0.1, -0.05) is 6.92 Å². The molecular weight excluding hydrogens is 192 g/mol. The van der Waals surface area contributed by atoms with Gasteiger partial charge >= 0.3 is 0 Å². The Labute approximate surface area is 94.1 Å². The molecule has 0 aromatic heterocycles. The molecule has 84 valence electrons. The first kappa shape index (κ1) is 12.3. The molecule has 0 amide bonds. The fraction of sp³-hybridized carbons (Fsp3) is 1.00. The van der Waals surface area contributed by atoms with Gasteiger partial charge < -0.3 is 0 Å². The number of nitrogens with zero attached hydrogens (tertiary/aromatic N) is 2. The van der Waals surface area contributed by atoms with Crippen LogP contribution < -0.4 is 0 Å². The molecule has 0 aliphatic carbocycles. The lowest BCUT2D eigenvalue weighted by atomic mass is 10.1. The molecule has 1 heterocycles. The minimum atomic E-state index is 0.686. The fourth-order valence-electron chi connectivity index (χ4n) is 2.16. The van der Waals surface area contributed by atoms with E-state index in [1.165, 1.54) is 19.6 Å². The van der Waals surface area contributed by atoms with Crippen molar-refractivity contribution in [3.05, 3.63) is 0 Å². The lowest BCUT2D eigenvalue weighted by molar-refractivity contribution is 0.0539. The van der Waals surface area contributed by atoms with E-state index in [1.807, 2.05) is 0 Å². The van der Waals surface area contributed by atoms with Crippen molar-refractivity contribution in [1.82, 2.24) is 9.80 Å². The van der Waals surface area contributed by atoms with E-state index in [4.69, 9.17) is 0 Å². The Balaban J connectivity index is 2.41. The van der Waals surface area contributed by atoms with Crippen molar-refractivity contribution in [3.8, 4) is 0 Å². The maximum absolute atomic E-state index is 4.34. The number of likely N-dealkylation sites (N-methyl/N-ethyl adjacent to an activating group) is 1. The van der Waals surface area contributed by atoms with Crippen molar-refractivity contribution < 1.29 is 0 Å². The van der Waals surface area contributed by atoms with Crippen LogP contribution in [-0.4, -0.2) is 54.3 Å². The van der Waals surface area contributed by atoms with Gasteiger partial charge in [-0.05, 0) is 32.6 Å². The van der Waals surface area contributed by atoms with Crippen molar-refractivity contribution in [2.75, 3.05) is 32.4 Å². The molecule has 0 bridgehead atoms. The van der Waals surface area contributed by atoms with Gasteiger partial charge in [0.1, 0.15) is 0 Å². The first-order valence-corrected chi connectivity index (χ1v) is 6.23. The molecule has 1 aliphatic rings. The first-order chi connectivity index (χ1) is 6.54. The third-order valence-corrected chi connectivity index (χ3v) is 3.94. The predicted molar refractivity (Wildman–Crippen MR) is 66.1 cm³/mol. The molecule has 0 aromatic rings. The van der Waals surface area contributed by atoms with E-state index in [0.29, 0.717) is 18.0 Å². The molecule has 1 fully saturated rings. The van der Waals surface area contributed by atoms with Crippen LogP contribution in [0.15, 0.2) is 0 Å². The summed E-state index contributed by atoms with van der Waals surface area (Å²) in [5.41, 5.74) is 0. The van der Waals surface area contributed by atoms with Crippen LogP contribution in [0.1, 0.15) is 20.8 Å². The summed E-state index contributed by atoms with van der Waals surface area (Å²) in [6, 6.07) is 1.37. The van der Waals surface area contributed by atoms with Crippen LogP contribution in [0.3, 0.4) is 0 Å². The van der Waals surface area contributed by atoms with E-state index in [0.717, 1.165) is 5.75 Å². The second-order valence-corrected chi connectivity index (χ2v) is 5.23. The zero-order valence-corrected chi connectivity index (χ0v) is 10.8. The Kier molecular flexibility index (Phi) is 4.74. The Morgan fingerprint density at radius 2 is 1.79 bits per heavy atom. The highest BCUT2D eigenvalue weighted by Crippen LogP contribution is 2.14. The molecule has 1 aliphatic heterocycles. The van der Waals surface area contributed by atoms with Crippen molar-refractivity contribution >= 4 is 12.6 Å². The van der Waals surface area contributed by atoms with Crippen LogP contribution in [-0.2, 0) is 0 Å². The van der Waals surface area contributed by atoms with E-state index in [2.05, 4.69) is 50.2 Å². The van der Waals surface area contributed by atoms with E-state index in [1.54, 1.807) is 0 Å². The monoisotopic (exact) mass is 216 g/mol. The second-order valence-electron chi connectivity index (χ2n) is 4.87. The Morgan fingerprint density at radius 1 is 1.29 bits per heavy atom. The molecule has 0 spiro atoms. The largest absolute Gasteiger partial charge is 0.300 e. The van der Waals surface area contributed by atoms with Gasteiger partial charge in [-0.15, -0.1) is 0 Å². The van der Waals surface area contributed by atoms with Crippen LogP contribution in [0.5, 0.6) is 0 Å². The smallest absolute Gasteiger partial charge is 0.0195 e. The molecule has 0 aromatic carbocycles. The highest BCUT2D eigenvalue weighted by Gasteiger charge is 2.26. The first-order valence-electron chi connectivity index (χ1n) is 5.59. The van der Waals surface area contributed by atoms with Gasteiger partial charge in [0, 0.05) is 31.7 Å². The third kappa shape index (κ3) is 3.14. The Hall–Kier alpha value is 0.270. The summed E-state index contributed by atoms with van der Waals surface area (Å²) in [5.74, 6) is 1.70. The standard InChI is InChI=1S/C11H24N2S/c1-9(8-14)5-13-6-10(2)12(4)11(3)7-13/h9-11,14H,5-8H2,1-4H3/t9?,10-,11+. The normalized spacial score (nSPS) is 33.2. The van der Waals surface area contributed by atoms with Gasteiger partial charge in [-0.2, -0.15) is 12.6 Å². The number of hydrogen-bond acceptors (Lipinski definition) is 3. The third-order valence-electron chi connectivity index (χ3n) is 3.32. The van der Waals surface area contributed by atoms with E-state index in [-0.39, 0.29) is 0 Å². The topological polar surface area (TPSA) is 6.48 Å². The average molecular weight is 216 g/mol. The second kappa shape index (κ2) is 5.38. The fourth-order valence-corrected chi connectivity index (χ4v) is 2.28. The molecule has 2 nitrogen and oxygen atoms in total. The van der Waals surface area contributed by atoms with Crippen molar-refractivity contribution in [2.45, 2.75) is 32.9 Å². The molecular formula is C11H24N2S. The van der Waals surface area contributed by atoms with Crippen LogP contribution in [0.2, 0.25) is 0 Å². The molecule has 14 heavy (non-hydrogen) atoms. The summed E-state index contributed by atoms with van der Waals surface area (Å²) in [7, 11) is 2.23. The maximum atomic E-state index is 4.34. The number of thiol groups is 1. The summed E-state index contributed by atoms with van der Waals surface area (Å²) in [5, 5.41) is 0. The average Bonchev–Trinajstić information content (AvgIpc) is 2.14. The van der Waals surface area contributed by atoms with Crippen molar-refractivity contribution in [2.24, 2.45) is 5.92 Å². The van der Waals surface area contributed by atoms with Crippen LogP contribution in [0, 0.1) is 5.92 Å². The summed E-state index contributed by atoms with van der Waals surface area (Å²) in [4.78, 5) is 5.05. The van der Waals surface area contributed by atoms with E-state index in [9.17, 15) is 0 Å². The van der Waals surface area contributed by atoms with Gasteiger partial charge in [0.2, 0.25) is 0 Å². The summed E-state index contributed by atoms with van der Waals surface area (Å²) < 4.78 is 0. The quantitative estimate of drug-likeness (QED) is 0.716. The van der Waals surface area contributed by atoms with Gasteiger partial charge in [-0.25, -0.2) is 0 Å². The SMILES string of the molecule is CC(CS)CN1C[C@@H](C)N(C)[C@@H](C)C1. The lowest BCUT2D eigenvalue weighted by Crippen LogP contribution is -2.55. The number of rotatable bonds is 3. The molecule has 0 N–H and O–H groups in total. The number of piperazine rings is 1. The molecule has 1 unspecified atom stereocenters. The molecule has 1 saturated heterocycles.